The Bertz CT molecular complexity index is 955. The first-order valence-electron chi connectivity index (χ1n) is 16.7. The summed E-state index contributed by atoms with van der Waals surface area (Å²) in [6, 6.07) is 0. The van der Waals surface area contributed by atoms with E-state index in [1.54, 1.807) is 5.57 Å². The number of rotatable bonds is 8. The minimum atomic E-state index is -1.87. The Morgan fingerprint density at radius 2 is 1.49 bits per heavy atom. The molecule has 3 aliphatic rings. The molecule has 41 heavy (non-hydrogen) atoms. The molecule has 3 nitrogen and oxygen atoms in total. The van der Waals surface area contributed by atoms with Crippen LogP contribution in [0.1, 0.15) is 114 Å². The minimum absolute atomic E-state index is 0.177. The van der Waals surface area contributed by atoms with Gasteiger partial charge in [-0.3, -0.25) is 0 Å². The lowest BCUT2D eigenvalue weighted by Gasteiger charge is -2.45. The second-order valence-corrected chi connectivity index (χ2v) is 26.8. The van der Waals surface area contributed by atoms with Gasteiger partial charge in [0.1, 0.15) is 0 Å². The van der Waals surface area contributed by atoms with Crippen molar-refractivity contribution in [3.05, 3.63) is 34.9 Å². The van der Waals surface area contributed by atoms with Crippen LogP contribution in [0.3, 0.4) is 0 Å². The van der Waals surface area contributed by atoms with E-state index < -0.39 is 16.6 Å². The molecule has 0 radical (unpaired) electrons. The van der Waals surface area contributed by atoms with Gasteiger partial charge in [-0.05, 0) is 118 Å². The highest BCUT2D eigenvalue weighted by molar-refractivity contribution is 6.74. The lowest BCUT2D eigenvalue weighted by Crippen LogP contribution is -2.48. The van der Waals surface area contributed by atoms with Crippen LogP contribution in [0.5, 0.6) is 0 Å². The highest BCUT2D eigenvalue weighted by Gasteiger charge is 2.50. The molecule has 0 bridgehead atoms. The molecule has 0 unspecified atom stereocenters. The van der Waals surface area contributed by atoms with Crippen molar-refractivity contribution >= 4 is 16.6 Å². The van der Waals surface area contributed by atoms with Crippen molar-refractivity contribution in [2.75, 3.05) is 6.61 Å². The molecule has 5 heteroatoms. The average molecular weight is 603 g/mol. The molecular formula is C36H66O3Si2. The quantitative estimate of drug-likeness (QED) is 0.222. The molecule has 3 aliphatic carbocycles. The molecule has 3 saturated carbocycles. The highest BCUT2D eigenvalue weighted by Crippen LogP contribution is 2.59. The fraction of sp³-hybridized carbons (Fsp3) is 0.833. The number of fused-ring (bicyclic) bond motifs is 1. The summed E-state index contributed by atoms with van der Waals surface area (Å²) in [4.78, 5) is 0. The molecule has 0 aromatic rings. The van der Waals surface area contributed by atoms with E-state index in [1.807, 2.05) is 0 Å². The van der Waals surface area contributed by atoms with Crippen LogP contribution in [0, 0.1) is 23.2 Å². The van der Waals surface area contributed by atoms with Crippen molar-refractivity contribution in [3.63, 3.8) is 0 Å². The van der Waals surface area contributed by atoms with E-state index in [-0.39, 0.29) is 28.9 Å². The lowest BCUT2D eigenvalue weighted by molar-refractivity contribution is 0.0725. The van der Waals surface area contributed by atoms with Gasteiger partial charge in [0, 0.05) is 0 Å². The summed E-state index contributed by atoms with van der Waals surface area (Å²) in [6.07, 6.45) is 17.5. The van der Waals surface area contributed by atoms with Crippen molar-refractivity contribution in [1.82, 2.24) is 0 Å². The average Bonchev–Trinajstić information content (AvgIpc) is 3.18. The zero-order valence-corrected chi connectivity index (χ0v) is 31.2. The second kappa shape index (κ2) is 12.9. The Morgan fingerprint density at radius 1 is 0.951 bits per heavy atom. The van der Waals surface area contributed by atoms with Crippen molar-refractivity contribution in [2.24, 2.45) is 23.2 Å². The van der Waals surface area contributed by atoms with Crippen LogP contribution in [0.25, 0.3) is 0 Å². The van der Waals surface area contributed by atoms with E-state index in [0.29, 0.717) is 23.2 Å². The summed E-state index contributed by atoms with van der Waals surface area (Å²) in [5.41, 5.74) is 4.68. The maximum Gasteiger partial charge on any atom is 0.192 e. The summed E-state index contributed by atoms with van der Waals surface area (Å²) in [7, 11) is -3.74. The van der Waals surface area contributed by atoms with Gasteiger partial charge in [-0.1, -0.05) is 90.3 Å². The van der Waals surface area contributed by atoms with Crippen LogP contribution in [-0.2, 0) is 8.85 Å². The molecule has 0 saturated heterocycles. The van der Waals surface area contributed by atoms with Crippen molar-refractivity contribution in [3.8, 4) is 0 Å². The molecule has 0 aromatic carbocycles. The number of hydrogen-bond acceptors (Lipinski definition) is 3. The Kier molecular flexibility index (Phi) is 11.0. The first kappa shape index (κ1) is 35.0. The van der Waals surface area contributed by atoms with Crippen LogP contribution in [0.4, 0.5) is 0 Å². The Balaban J connectivity index is 1.86. The fourth-order valence-corrected chi connectivity index (χ4v) is 10.3. The zero-order chi connectivity index (χ0) is 31.0. The van der Waals surface area contributed by atoms with Gasteiger partial charge in [-0.2, -0.15) is 0 Å². The Labute approximate surface area is 256 Å². The molecule has 0 heterocycles. The largest absolute Gasteiger partial charge is 0.414 e. The molecule has 3 fully saturated rings. The van der Waals surface area contributed by atoms with Crippen LogP contribution in [0.2, 0.25) is 36.3 Å². The predicted molar refractivity (Wildman–Crippen MR) is 182 cm³/mol. The smallest absolute Gasteiger partial charge is 0.192 e. The molecular weight excluding hydrogens is 537 g/mol. The van der Waals surface area contributed by atoms with Crippen LogP contribution in [0.15, 0.2) is 34.9 Å². The summed E-state index contributed by atoms with van der Waals surface area (Å²) in [5.74, 6) is 1.91. The second-order valence-electron chi connectivity index (χ2n) is 17.3. The monoisotopic (exact) mass is 602 g/mol. The summed E-state index contributed by atoms with van der Waals surface area (Å²) >= 11 is 0. The van der Waals surface area contributed by atoms with Gasteiger partial charge in [-0.15, -0.1) is 0 Å². The topological polar surface area (TPSA) is 38.7 Å². The third-order valence-electron chi connectivity index (χ3n) is 12.0. The maximum atomic E-state index is 9.60. The van der Waals surface area contributed by atoms with E-state index in [9.17, 15) is 5.11 Å². The van der Waals surface area contributed by atoms with Gasteiger partial charge in [0.15, 0.2) is 16.6 Å². The number of aliphatic hydroxyl groups excluding tert-OH is 1. The van der Waals surface area contributed by atoms with Gasteiger partial charge in [-0.25, -0.2) is 0 Å². The predicted octanol–water partition coefficient (Wildman–Crippen LogP) is 10.6. The van der Waals surface area contributed by atoms with Gasteiger partial charge in [0.05, 0.1) is 18.8 Å². The molecule has 6 atom stereocenters. The maximum absolute atomic E-state index is 9.60. The molecule has 3 rings (SSSR count). The highest BCUT2D eigenvalue weighted by atomic mass is 28.4. The molecule has 0 aromatic heterocycles. The normalized spacial score (nSPS) is 32.3. The van der Waals surface area contributed by atoms with Crippen molar-refractivity contribution in [1.29, 1.82) is 0 Å². The van der Waals surface area contributed by atoms with Crippen LogP contribution < -0.4 is 0 Å². The third kappa shape index (κ3) is 8.18. The first-order valence-corrected chi connectivity index (χ1v) is 22.5. The lowest BCUT2D eigenvalue weighted by atomic mass is 9.61. The van der Waals surface area contributed by atoms with E-state index in [0.717, 1.165) is 24.8 Å². The van der Waals surface area contributed by atoms with Gasteiger partial charge < -0.3 is 14.0 Å². The van der Waals surface area contributed by atoms with Crippen LogP contribution in [-0.4, -0.2) is 40.6 Å². The Morgan fingerprint density at radius 3 is 1.98 bits per heavy atom. The summed E-state index contributed by atoms with van der Waals surface area (Å²) < 4.78 is 14.1. The van der Waals surface area contributed by atoms with E-state index >= 15 is 0 Å². The van der Waals surface area contributed by atoms with Gasteiger partial charge in [0.25, 0.3) is 0 Å². The standard InChI is InChI=1S/C36H66O3Si2/c1-26(25-37)21-27(2)32-18-19-33-29(15-14-20-36(32,33)9)17-16-28-22-30(38-40(10,11)34(3,4)5)24-31(23-28)39-41(12,13)35(6,7)8/h16-17,21,27,30-33,37H,14-15,18-20,22-25H2,1-13H3/t27-,30-,31-,32-,33+,36-/m1/s1. The number of aliphatic hydroxyl groups is 1. The minimum Gasteiger partial charge on any atom is -0.414 e. The molecule has 1 N–H and O–H groups in total. The zero-order valence-electron chi connectivity index (χ0n) is 29.2. The third-order valence-corrected chi connectivity index (χ3v) is 21.1. The molecule has 0 aliphatic heterocycles. The number of allylic oxidation sites excluding steroid dienone is 4. The summed E-state index contributed by atoms with van der Waals surface area (Å²) in [5, 5.41) is 10.0. The molecule has 236 valence electrons. The fourth-order valence-electron chi connectivity index (χ4n) is 7.62. The summed E-state index contributed by atoms with van der Waals surface area (Å²) in [6.45, 7) is 30.9. The van der Waals surface area contributed by atoms with Gasteiger partial charge >= 0.3 is 0 Å². The van der Waals surface area contributed by atoms with Crippen molar-refractivity contribution < 1.29 is 14.0 Å². The SMILES string of the molecule is CC(=C[C@@H](C)[C@H]1CC[C@H]2C(=CC=C3C[C@@H](O[Si](C)(C)C(C)(C)C)C[C@H](O[Si](C)(C)C(C)(C)C)C3)CCC[C@]12C)CO. The molecule has 0 spiro atoms. The van der Waals surface area contributed by atoms with E-state index in [1.165, 1.54) is 37.7 Å². The molecule has 0 amide bonds. The van der Waals surface area contributed by atoms with Crippen LogP contribution >= 0.6 is 0 Å². The van der Waals surface area contributed by atoms with Crippen molar-refractivity contribution in [2.45, 2.75) is 162 Å². The Hall–Kier alpha value is -0.466. The first-order chi connectivity index (χ1) is 18.7. The van der Waals surface area contributed by atoms with E-state index in [4.69, 9.17) is 8.85 Å². The van der Waals surface area contributed by atoms with Gasteiger partial charge in [0.2, 0.25) is 0 Å². The van der Waals surface area contributed by atoms with E-state index in [2.05, 4.69) is 107 Å². The number of hydrogen-bond donors (Lipinski definition) is 1.